The predicted octanol–water partition coefficient (Wildman–Crippen LogP) is 2.24. The first-order chi connectivity index (χ1) is 12.6. The number of nitrogens with one attached hydrogen (secondary N) is 1. The van der Waals surface area contributed by atoms with Crippen molar-refractivity contribution in [1.29, 1.82) is 0 Å². The number of pyridine rings is 1. The summed E-state index contributed by atoms with van der Waals surface area (Å²) in [5, 5.41) is 2.65. The minimum Gasteiger partial charge on any atom is -0.487 e. The highest BCUT2D eigenvalue weighted by Gasteiger charge is 2.29. The summed E-state index contributed by atoms with van der Waals surface area (Å²) in [5.74, 6) is 0.206. The molecule has 0 bridgehead atoms. The lowest BCUT2D eigenvalue weighted by Gasteiger charge is -2.19. The van der Waals surface area contributed by atoms with Crippen LogP contribution in [0.2, 0.25) is 0 Å². The van der Waals surface area contributed by atoms with Crippen LogP contribution in [0.5, 0.6) is 5.75 Å². The number of hydrogen-bond acceptors (Lipinski definition) is 4. The molecule has 1 aliphatic rings. The number of likely N-dealkylation sites (tertiary alicyclic amines) is 1. The van der Waals surface area contributed by atoms with Crippen molar-refractivity contribution in [3.05, 3.63) is 66.1 Å². The fraction of sp³-hybridized carbons (Fsp3) is 0.250. The van der Waals surface area contributed by atoms with Crippen molar-refractivity contribution in [1.82, 2.24) is 15.2 Å². The summed E-state index contributed by atoms with van der Waals surface area (Å²) in [6, 6.07) is 13.1. The molecule has 0 saturated carbocycles. The molecule has 0 radical (unpaired) electrons. The van der Waals surface area contributed by atoms with E-state index in [9.17, 15) is 9.59 Å². The van der Waals surface area contributed by atoms with Crippen molar-refractivity contribution in [2.75, 3.05) is 13.1 Å². The highest BCUT2D eigenvalue weighted by atomic mass is 16.5. The number of amides is 2. The number of rotatable bonds is 5. The molecule has 1 unspecified atom stereocenters. The average molecular weight is 351 g/mol. The molecule has 0 aliphatic carbocycles. The normalized spacial score (nSPS) is 17.0. The van der Waals surface area contributed by atoms with E-state index in [4.69, 9.17) is 4.74 Å². The van der Waals surface area contributed by atoms with E-state index in [1.807, 2.05) is 42.5 Å². The van der Waals surface area contributed by atoms with Crippen LogP contribution in [0.4, 0.5) is 0 Å². The molecule has 1 fully saturated rings. The number of benzene rings is 1. The molecule has 0 spiro atoms. The first-order valence-corrected chi connectivity index (χ1v) is 8.52. The maximum absolute atomic E-state index is 12.9. The number of hydrogen-bond donors (Lipinski definition) is 1. The molecule has 1 aliphatic heterocycles. The van der Waals surface area contributed by atoms with Crippen LogP contribution in [0.25, 0.3) is 6.08 Å². The van der Waals surface area contributed by atoms with E-state index >= 15 is 0 Å². The lowest BCUT2D eigenvalue weighted by molar-refractivity contribution is -0.128. The summed E-state index contributed by atoms with van der Waals surface area (Å²) in [6.45, 7) is 2.44. The number of aromatic nitrogens is 1. The first-order valence-electron chi connectivity index (χ1n) is 8.52. The molecule has 1 aromatic carbocycles. The van der Waals surface area contributed by atoms with Gasteiger partial charge in [-0.2, -0.15) is 0 Å². The zero-order valence-electron chi connectivity index (χ0n) is 14.6. The maximum Gasteiger partial charge on any atom is 0.270 e. The maximum atomic E-state index is 12.9. The van der Waals surface area contributed by atoms with Gasteiger partial charge in [-0.25, -0.2) is 0 Å². The van der Waals surface area contributed by atoms with Gasteiger partial charge in [0.05, 0.1) is 12.7 Å². The van der Waals surface area contributed by atoms with Crippen molar-refractivity contribution < 1.29 is 14.3 Å². The van der Waals surface area contributed by atoms with Crippen LogP contribution in [-0.4, -0.2) is 40.9 Å². The van der Waals surface area contributed by atoms with Crippen molar-refractivity contribution in [3.8, 4) is 5.75 Å². The number of ether oxygens (including phenoxy) is 1. The van der Waals surface area contributed by atoms with Crippen LogP contribution in [0.3, 0.4) is 0 Å². The second-order valence-corrected chi connectivity index (χ2v) is 6.12. The molecule has 3 rings (SSSR count). The lowest BCUT2D eigenvalue weighted by Crippen LogP contribution is -2.37. The van der Waals surface area contributed by atoms with Crippen LogP contribution >= 0.6 is 0 Å². The van der Waals surface area contributed by atoms with Gasteiger partial charge in [-0.05, 0) is 23.8 Å². The number of nitrogens with zero attached hydrogens (tertiary/aromatic N) is 2. The van der Waals surface area contributed by atoms with Crippen molar-refractivity contribution in [3.63, 3.8) is 0 Å². The third-order valence-corrected chi connectivity index (χ3v) is 4.02. The molecular weight excluding hydrogens is 330 g/mol. The molecular formula is C20H21N3O3. The molecule has 2 heterocycles. The molecule has 1 aromatic heterocycles. The van der Waals surface area contributed by atoms with E-state index in [-0.39, 0.29) is 23.6 Å². The van der Waals surface area contributed by atoms with Gasteiger partial charge in [0.1, 0.15) is 17.6 Å². The Morgan fingerprint density at radius 1 is 1.23 bits per heavy atom. The second kappa shape index (κ2) is 8.29. The summed E-state index contributed by atoms with van der Waals surface area (Å²) in [5.41, 5.74) is 1.12. The molecule has 26 heavy (non-hydrogen) atoms. The Labute approximate surface area is 152 Å². The molecule has 2 aromatic rings. The molecule has 1 saturated heterocycles. The molecule has 6 nitrogen and oxygen atoms in total. The summed E-state index contributed by atoms with van der Waals surface area (Å²) in [6.07, 6.45) is 5.69. The van der Waals surface area contributed by atoms with Crippen LogP contribution in [-0.2, 0) is 9.59 Å². The highest BCUT2D eigenvalue weighted by Crippen LogP contribution is 2.19. The second-order valence-electron chi connectivity index (χ2n) is 6.12. The molecule has 1 atom stereocenters. The van der Waals surface area contributed by atoms with Gasteiger partial charge in [0.25, 0.3) is 5.91 Å². The van der Waals surface area contributed by atoms with Crippen molar-refractivity contribution in [2.45, 2.75) is 19.4 Å². The van der Waals surface area contributed by atoms with Gasteiger partial charge in [0.2, 0.25) is 5.91 Å². The van der Waals surface area contributed by atoms with E-state index in [1.54, 1.807) is 23.4 Å². The minimum absolute atomic E-state index is 0.0848. The Balaban J connectivity index is 1.69. The lowest BCUT2D eigenvalue weighted by atomic mass is 10.2. The Bertz CT molecular complexity index is 790. The fourth-order valence-electron chi connectivity index (χ4n) is 2.85. The van der Waals surface area contributed by atoms with Gasteiger partial charge in [0.15, 0.2) is 0 Å². The van der Waals surface area contributed by atoms with E-state index in [1.165, 1.54) is 6.92 Å². The largest absolute Gasteiger partial charge is 0.487 e. The molecule has 1 N–H and O–H groups in total. The third kappa shape index (κ3) is 4.69. The van der Waals surface area contributed by atoms with E-state index in [0.717, 1.165) is 12.0 Å². The van der Waals surface area contributed by atoms with Gasteiger partial charge < -0.3 is 15.0 Å². The smallest absolute Gasteiger partial charge is 0.270 e. The van der Waals surface area contributed by atoms with E-state index in [0.29, 0.717) is 18.8 Å². The predicted molar refractivity (Wildman–Crippen MR) is 98.1 cm³/mol. The summed E-state index contributed by atoms with van der Waals surface area (Å²) >= 11 is 0. The Morgan fingerprint density at radius 3 is 2.73 bits per heavy atom. The number of carbonyl (C=O) groups is 2. The van der Waals surface area contributed by atoms with Crippen LogP contribution in [0, 0.1) is 0 Å². The van der Waals surface area contributed by atoms with Gasteiger partial charge in [-0.15, -0.1) is 0 Å². The quantitative estimate of drug-likeness (QED) is 0.839. The number of carbonyl (C=O) groups excluding carboxylic acids is 2. The first kappa shape index (κ1) is 17.7. The molecule has 6 heteroatoms. The van der Waals surface area contributed by atoms with E-state index in [2.05, 4.69) is 10.3 Å². The van der Waals surface area contributed by atoms with Crippen LogP contribution in [0.1, 0.15) is 18.9 Å². The highest BCUT2D eigenvalue weighted by molar-refractivity contribution is 6.01. The van der Waals surface area contributed by atoms with Crippen molar-refractivity contribution >= 4 is 17.9 Å². The minimum atomic E-state index is -0.275. The Kier molecular flexibility index (Phi) is 5.63. The summed E-state index contributed by atoms with van der Waals surface area (Å²) < 4.78 is 5.87. The van der Waals surface area contributed by atoms with Crippen LogP contribution < -0.4 is 10.1 Å². The zero-order chi connectivity index (χ0) is 18.4. The van der Waals surface area contributed by atoms with Crippen LogP contribution in [0.15, 0.2) is 60.6 Å². The Morgan fingerprint density at radius 2 is 2.04 bits per heavy atom. The fourth-order valence-corrected chi connectivity index (χ4v) is 2.85. The van der Waals surface area contributed by atoms with Gasteiger partial charge in [-0.3, -0.25) is 14.6 Å². The SMILES string of the molecule is CC(=O)N/C(=C/c1ccccc1)C(=O)N1CCC(Oc2cccnc2)C1. The zero-order valence-corrected chi connectivity index (χ0v) is 14.6. The van der Waals surface area contributed by atoms with Gasteiger partial charge in [-0.1, -0.05) is 30.3 Å². The van der Waals surface area contributed by atoms with Gasteiger partial charge in [0, 0.05) is 26.1 Å². The topological polar surface area (TPSA) is 71.5 Å². The summed E-state index contributed by atoms with van der Waals surface area (Å²) in [7, 11) is 0. The molecule has 2 amide bonds. The molecule has 134 valence electrons. The van der Waals surface area contributed by atoms with Crippen molar-refractivity contribution in [2.24, 2.45) is 0 Å². The monoisotopic (exact) mass is 351 g/mol. The summed E-state index contributed by atoms with van der Waals surface area (Å²) in [4.78, 5) is 30.1. The average Bonchev–Trinajstić information content (AvgIpc) is 3.10. The Hall–Kier alpha value is -3.15. The van der Waals surface area contributed by atoms with E-state index < -0.39 is 0 Å². The van der Waals surface area contributed by atoms with Gasteiger partial charge >= 0.3 is 0 Å². The standard InChI is InChI=1S/C20H21N3O3/c1-15(24)22-19(12-16-6-3-2-4-7-16)20(25)23-11-9-18(14-23)26-17-8-5-10-21-13-17/h2-8,10,12-13,18H,9,11,14H2,1H3,(H,22,24)/b19-12+. The third-order valence-electron chi connectivity index (χ3n) is 4.02.